The number of hydrogen-bond acceptors (Lipinski definition) is 2. The van der Waals surface area contributed by atoms with Crippen molar-refractivity contribution in [3.05, 3.63) is 0 Å². The zero-order valence-corrected chi connectivity index (χ0v) is 8.74. The van der Waals surface area contributed by atoms with Gasteiger partial charge in [0.15, 0.2) is 0 Å². The topological polar surface area (TPSA) is 21.3 Å². The van der Waals surface area contributed by atoms with E-state index in [1.165, 1.54) is 0 Å². The average Bonchev–Trinajstić information content (AvgIpc) is 2.12. The molecule has 12 heavy (non-hydrogen) atoms. The first-order valence-electron chi connectivity index (χ1n) is 4.74. The Morgan fingerprint density at radius 3 is 2.58 bits per heavy atom. The minimum Gasteiger partial charge on any atom is -0.379 e. The van der Waals surface area contributed by atoms with Crippen molar-refractivity contribution in [1.29, 1.82) is 0 Å². The molecular weight excluding hydrogens is 150 g/mol. The van der Waals surface area contributed by atoms with Crippen molar-refractivity contribution in [3.8, 4) is 0 Å². The van der Waals surface area contributed by atoms with Crippen molar-refractivity contribution in [1.82, 2.24) is 5.32 Å². The molecule has 0 bridgehead atoms. The third kappa shape index (κ3) is 1.99. The lowest BCUT2D eigenvalue weighted by Gasteiger charge is -2.40. The maximum Gasteiger partial charge on any atom is 0.0591 e. The molecule has 1 saturated heterocycles. The maximum atomic E-state index is 5.57. The van der Waals surface area contributed by atoms with Crippen LogP contribution in [0.15, 0.2) is 0 Å². The molecule has 0 unspecified atom stereocenters. The van der Waals surface area contributed by atoms with Gasteiger partial charge in [0, 0.05) is 18.5 Å². The second kappa shape index (κ2) is 3.35. The van der Waals surface area contributed by atoms with Crippen LogP contribution in [0.2, 0.25) is 0 Å². The van der Waals surface area contributed by atoms with Crippen molar-refractivity contribution in [2.45, 2.75) is 27.7 Å². The molecular formula is C10H21NO. The fraction of sp³-hybridized carbons (Fsp3) is 1.00. The van der Waals surface area contributed by atoms with Gasteiger partial charge in [-0.2, -0.15) is 0 Å². The molecule has 1 atom stereocenters. The van der Waals surface area contributed by atoms with Crippen molar-refractivity contribution < 1.29 is 4.74 Å². The molecule has 1 fully saturated rings. The maximum absolute atomic E-state index is 5.57. The van der Waals surface area contributed by atoms with E-state index in [1.54, 1.807) is 0 Å². The molecule has 1 heterocycles. The number of ether oxygens (including phenoxy) is 1. The number of hydrogen-bond donors (Lipinski definition) is 1. The highest BCUT2D eigenvalue weighted by atomic mass is 16.5. The van der Waals surface area contributed by atoms with E-state index in [-0.39, 0.29) is 5.41 Å². The second-order valence-corrected chi connectivity index (χ2v) is 5.04. The van der Waals surface area contributed by atoms with Crippen molar-refractivity contribution in [2.24, 2.45) is 10.8 Å². The van der Waals surface area contributed by atoms with Gasteiger partial charge in [-0.3, -0.25) is 0 Å². The van der Waals surface area contributed by atoms with Crippen molar-refractivity contribution in [2.75, 3.05) is 26.3 Å². The summed E-state index contributed by atoms with van der Waals surface area (Å²) in [6, 6.07) is 0. The van der Waals surface area contributed by atoms with E-state index in [0.29, 0.717) is 5.41 Å². The van der Waals surface area contributed by atoms with Crippen LogP contribution < -0.4 is 5.32 Å². The Bertz CT molecular complexity index is 140. The quantitative estimate of drug-likeness (QED) is 0.598. The van der Waals surface area contributed by atoms with Gasteiger partial charge in [-0.25, -0.2) is 0 Å². The Kier molecular flexibility index (Phi) is 2.79. The van der Waals surface area contributed by atoms with Crippen LogP contribution in [0.5, 0.6) is 0 Å². The molecule has 2 nitrogen and oxygen atoms in total. The third-order valence-corrected chi connectivity index (χ3v) is 3.17. The highest BCUT2D eigenvalue weighted by molar-refractivity contribution is 4.89. The molecule has 1 N–H and O–H groups in total. The molecule has 0 radical (unpaired) electrons. The van der Waals surface area contributed by atoms with Crippen molar-refractivity contribution in [3.63, 3.8) is 0 Å². The summed E-state index contributed by atoms with van der Waals surface area (Å²) in [6.07, 6.45) is 0. The van der Waals surface area contributed by atoms with E-state index in [4.69, 9.17) is 4.74 Å². The summed E-state index contributed by atoms with van der Waals surface area (Å²) >= 11 is 0. The second-order valence-electron chi connectivity index (χ2n) is 5.04. The van der Waals surface area contributed by atoms with Crippen LogP contribution in [-0.4, -0.2) is 26.3 Å². The minimum absolute atomic E-state index is 0.267. The van der Waals surface area contributed by atoms with E-state index in [2.05, 4.69) is 33.0 Å². The largest absolute Gasteiger partial charge is 0.379 e. The molecule has 1 aliphatic heterocycles. The summed E-state index contributed by atoms with van der Waals surface area (Å²) in [5.41, 5.74) is 0.577. The van der Waals surface area contributed by atoms with Crippen LogP contribution in [0.3, 0.4) is 0 Å². The summed E-state index contributed by atoms with van der Waals surface area (Å²) in [4.78, 5) is 0. The standard InChI is InChI=1S/C10H21NO/c1-9(2,3)10(4)7-11-5-6-12-8-10/h11H,5-8H2,1-4H3/t10-/m0/s1. The third-order valence-electron chi connectivity index (χ3n) is 3.17. The summed E-state index contributed by atoms with van der Waals surface area (Å²) in [5.74, 6) is 0. The average molecular weight is 171 g/mol. The van der Waals surface area contributed by atoms with Crippen LogP contribution in [0, 0.1) is 10.8 Å². The van der Waals surface area contributed by atoms with E-state index in [1.807, 2.05) is 0 Å². The molecule has 72 valence electrons. The molecule has 0 aromatic heterocycles. The minimum atomic E-state index is 0.267. The smallest absolute Gasteiger partial charge is 0.0591 e. The lowest BCUT2D eigenvalue weighted by molar-refractivity contribution is 0.00936. The Morgan fingerprint density at radius 2 is 2.00 bits per heavy atom. The molecule has 2 heteroatoms. The Morgan fingerprint density at radius 1 is 1.33 bits per heavy atom. The van der Waals surface area contributed by atoms with Crippen LogP contribution in [0.4, 0.5) is 0 Å². The first-order chi connectivity index (χ1) is 5.46. The SMILES string of the molecule is CC(C)(C)[C@@]1(C)CNCCOC1. The predicted molar refractivity (Wildman–Crippen MR) is 51.3 cm³/mol. The number of rotatable bonds is 0. The summed E-state index contributed by atoms with van der Waals surface area (Å²) in [5, 5.41) is 3.42. The van der Waals surface area contributed by atoms with E-state index >= 15 is 0 Å². The van der Waals surface area contributed by atoms with Gasteiger partial charge in [0.05, 0.1) is 13.2 Å². The Labute approximate surface area is 75.7 Å². The van der Waals surface area contributed by atoms with E-state index in [9.17, 15) is 0 Å². The predicted octanol–water partition coefficient (Wildman–Crippen LogP) is 1.66. The normalized spacial score (nSPS) is 33.0. The summed E-state index contributed by atoms with van der Waals surface area (Å²) in [6.45, 7) is 12.9. The van der Waals surface area contributed by atoms with Crippen LogP contribution in [0.25, 0.3) is 0 Å². The van der Waals surface area contributed by atoms with Gasteiger partial charge in [0.1, 0.15) is 0 Å². The molecule has 0 aromatic rings. The molecule has 0 saturated carbocycles. The molecule has 0 spiro atoms. The molecule has 0 amide bonds. The number of nitrogens with one attached hydrogen (secondary N) is 1. The summed E-state index contributed by atoms with van der Waals surface area (Å²) in [7, 11) is 0. The van der Waals surface area contributed by atoms with Gasteiger partial charge in [-0.15, -0.1) is 0 Å². The first kappa shape index (κ1) is 10.0. The molecule has 0 aromatic carbocycles. The fourth-order valence-corrected chi connectivity index (χ4v) is 1.34. The fourth-order valence-electron chi connectivity index (χ4n) is 1.34. The first-order valence-corrected chi connectivity index (χ1v) is 4.74. The molecule has 0 aliphatic carbocycles. The lowest BCUT2D eigenvalue weighted by atomic mass is 9.68. The summed E-state index contributed by atoms with van der Waals surface area (Å²) < 4.78 is 5.57. The van der Waals surface area contributed by atoms with Gasteiger partial charge in [0.2, 0.25) is 0 Å². The van der Waals surface area contributed by atoms with Crippen molar-refractivity contribution >= 4 is 0 Å². The monoisotopic (exact) mass is 171 g/mol. The van der Waals surface area contributed by atoms with Crippen LogP contribution in [0.1, 0.15) is 27.7 Å². The van der Waals surface area contributed by atoms with Gasteiger partial charge >= 0.3 is 0 Å². The molecule has 1 rings (SSSR count). The van der Waals surface area contributed by atoms with E-state index in [0.717, 1.165) is 26.3 Å². The zero-order valence-electron chi connectivity index (χ0n) is 8.74. The highest BCUT2D eigenvalue weighted by Gasteiger charge is 2.38. The van der Waals surface area contributed by atoms with Crippen LogP contribution >= 0.6 is 0 Å². The zero-order chi connectivity index (χ0) is 9.24. The van der Waals surface area contributed by atoms with E-state index < -0.39 is 0 Å². The van der Waals surface area contributed by atoms with Gasteiger partial charge in [-0.1, -0.05) is 27.7 Å². The highest BCUT2D eigenvalue weighted by Crippen LogP contribution is 2.38. The van der Waals surface area contributed by atoms with Gasteiger partial charge < -0.3 is 10.1 Å². The van der Waals surface area contributed by atoms with Gasteiger partial charge in [0.25, 0.3) is 0 Å². The Balaban J connectivity index is 2.67. The van der Waals surface area contributed by atoms with Gasteiger partial charge in [-0.05, 0) is 5.41 Å². The lowest BCUT2D eigenvalue weighted by Crippen LogP contribution is -2.43. The Hall–Kier alpha value is -0.0800. The van der Waals surface area contributed by atoms with Crippen LogP contribution in [-0.2, 0) is 4.74 Å². The molecule has 1 aliphatic rings.